The minimum atomic E-state index is -0.773. The van der Waals surface area contributed by atoms with Crippen LogP contribution in [-0.4, -0.2) is 56.2 Å². The fourth-order valence-corrected chi connectivity index (χ4v) is 3.44. The lowest BCUT2D eigenvalue weighted by atomic mass is 9.95. The number of Topliss-reactive ketones (excluding diaryl/α,β-unsaturated/α-hetero) is 1. The van der Waals surface area contributed by atoms with Crippen LogP contribution in [0.3, 0.4) is 0 Å². The number of hydrogen-bond acceptors (Lipinski definition) is 6. The van der Waals surface area contributed by atoms with E-state index in [1.54, 1.807) is 48.5 Å². The van der Waals surface area contributed by atoms with Crippen molar-refractivity contribution in [1.29, 1.82) is 0 Å². The summed E-state index contributed by atoms with van der Waals surface area (Å²) in [6.07, 6.45) is 0. The predicted octanol–water partition coefficient (Wildman–Crippen LogP) is 2.77. The van der Waals surface area contributed by atoms with Gasteiger partial charge in [0.05, 0.1) is 38.0 Å². The zero-order valence-electron chi connectivity index (χ0n) is 16.5. The van der Waals surface area contributed by atoms with Gasteiger partial charge in [0.15, 0.2) is 0 Å². The van der Waals surface area contributed by atoms with E-state index in [0.29, 0.717) is 22.6 Å². The summed E-state index contributed by atoms with van der Waals surface area (Å²) >= 11 is 0. The maximum absolute atomic E-state index is 12.9. The van der Waals surface area contributed by atoms with E-state index in [2.05, 4.69) is 0 Å². The highest BCUT2D eigenvalue weighted by Crippen LogP contribution is 2.41. The van der Waals surface area contributed by atoms with Gasteiger partial charge >= 0.3 is 0 Å². The Kier molecular flexibility index (Phi) is 6.19. The molecule has 0 saturated carbocycles. The van der Waals surface area contributed by atoms with Crippen LogP contribution in [0.5, 0.6) is 11.5 Å². The van der Waals surface area contributed by atoms with Gasteiger partial charge in [0, 0.05) is 13.7 Å². The molecule has 3 rings (SSSR count). The largest absolute Gasteiger partial charge is 0.507 e. The van der Waals surface area contributed by atoms with E-state index in [4.69, 9.17) is 14.2 Å². The van der Waals surface area contributed by atoms with Crippen LogP contribution in [0.4, 0.5) is 0 Å². The standard InChI is InChI=1S/C22H23NO6/c1-27-12-11-23-19(14-7-6-8-15(13-14)28-2)18(21(25)22(23)26)20(24)16-9-4-5-10-17(16)29-3/h4-10,13,19,24H,11-12H2,1-3H3/b20-18-. The van der Waals surface area contributed by atoms with Gasteiger partial charge in [-0.3, -0.25) is 9.59 Å². The SMILES string of the molecule is COCCN1C(=O)C(=O)/C(=C(\O)c2ccccc2OC)C1c1cccc(OC)c1. The molecule has 7 nitrogen and oxygen atoms in total. The molecular formula is C22H23NO6. The van der Waals surface area contributed by atoms with Crippen molar-refractivity contribution in [2.45, 2.75) is 6.04 Å². The number of methoxy groups -OCH3 is 3. The molecule has 1 saturated heterocycles. The highest BCUT2D eigenvalue weighted by molar-refractivity contribution is 6.46. The number of carbonyl (C=O) groups excluding carboxylic acids is 2. The summed E-state index contributed by atoms with van der Waals surface area (Å²) in [5.74, 6) is -0.744. The van der Waals surface area contributed by atoms with Gasteiger partial charge < -0.3 is 24.2 Å². The van der Waals surface area contributed by atoms with Crippen molar-refractivity contribution in [2.24, 2.45) is 0 Å². The summed E-state index contributed by atoms with van der Waals surface area (Å²) in [5.41, 5.74) is 0.993. The number of nitrogens with zero attached hydrogens (tertiary/aromatic N) is 1. The average Bonchev–Trinajstić information content (AvgIpc) is 3.01. The second-order valence-electron chi connectivity index (χ2n) is 6.46. The topological polar surface area (TPSA) is 85.3 Å². The first-order valence-corrected chi connectivity index (χ1v) is 9.08. The summed E-state index contributed by atoms with van der Waals surface area (Å²) in [6.45, 7) is 0.452. The third-order valence-corrected chi connectivity index (χ3v) is 4.85. The molecular weight excluding hydrogens is 374 g/mol. The van der Waals surface area contributed by atoms with Crippen LogP contribution < -0.4 is 9.47 Å². The Morgan fingerprint density at radius 1 is 1.03 bits per heavy atom. The summed E-state index contributed by atoms with van der Waals surface area (Å²) in [4.78, 5) is 27.1. The van der Waals surface area contributed by atoms with Crippen molar-refractivity contribution in [1.82, 2.24) is 4.90 Å². The average molecular weight is 397 g/mol. The summed E-state index contributed by atoms with van der Waals surface area (Å²) in [6, 6.07) is 13.1. The van der Waals surface area contributed by atoms with Crippen molar-refractivity contribution in [3.05, 3.63) is 65.2 Å². The zero-order valence-corrected chi connectivity index (χ0v) is 16.5. The van der Waals surface area contributed by atoms with Crippen LogP contribution in [0.15, 0.2) is 54.1 Å². The molecule has 1 aliphatic rings. The number of carbonyl (C=O) groups is 2. The number of hydrogen-bond donors (Lipinski definition) is 1. The molecule has 29 heavy (non-hydrogen) atoms. The molecule has 0 bridgehead atoms. The summed E-state index contributed by atoms with van der Waals surface area (Å²) in [7, 11) is 4.53. The molecule has 0 radical (unpaired) electrons. The van der Waals surface area contributed by atoms with Crippen LogP contribution in [0.25, 0.3) is 5.76 Å². The van der Waals surface area contributed by atoms with Crippen molar-refractivity contribution < 1.29 is 28.9 Å². The van der Waals surface area contributed by atoms with Crippen molar-refractivity contribution >= 4 is 17.4 Å². The van der Waals surface area contributed by atoms with Gasteiger partial charge in [-0.05, 0) is 29.8 Å². The van der Waals surface area contributed by atoms with E-state index in [1.165, 1.54) is 26.2 Å². The smallest absolute Gasteiger partial charge is 0.295 e. The monoisotopic (exact) mass is 397 g/mol. The fraction of sp³-hybridized carbons (Fsp3) is 0.273. The highest BCUT2D eigenvalue weighted by Gasteiger charge is 2.46. The normalized spacial score (nSPS) is 18.2. The van der Waals surface area contributed by atoms with E-state index in [9.17, 15) is 14.7 Å². The second kappa shape index (κ2) is 8.79. The molecule has 1 unspecified atom stereocenters. The first-order chi connectivity index (χ1) is 14.0. The lowest BCUT2D eigenvalue weighted by Gasteiger charge is -2.25. The van der Waals surface area contributed by atoms with Gasteiger partial charge in [-0.15, -0.1) is 0 Å². The maximum atomic E-state index is 12.9. The fourth-order valence-electron chi connectivity index (χ4n) is 3.44. The first kappa shape index (κ1) is 20.4. The summed E-state index contributed by atoms with van der Waals surface area (Å²) in [5, 5.41) is 11.1. The number of rotatable bonds is 7. The van der Waals surface area contributed by atoms with Crippen LogP contribution in [-0.2, 0) is 14.3 Å². The molecule has 1 fully saturated rings. The Morgan fingerprint density at radius 2 is 1.79 bits per heavy atom. The molecule has 2 aromatic rings. The van der Waals surface area contributed by atoms with Gasteiger partial charge in [0.1, 0.15) is 17.3 Å². The number of ketones is 1. The number of para-hydroxylation sites is 1. The molecule has 2 aromatic carbocycles. The van der Waals surface area contributed by atoms with E-state index in [1.807, 2.05) is 0 Å². The minimum Gasteiger partial charge on any atom is -0.507 e. The van der Waals surface area contributed by atoms with Gasteiger partial charge in [0.2, 0.25) is 0 Å². The van der Waals surface area contributed by atoms with Gasteiger partial charge in [0.25, 0.3) is 11.7 Å². The van der Waals surface area contributed by atoms with E-state index >= 15 is 0 Å². The molecule has 7 heteroatoms. The van der Waals surface area contributed by atoms with E-state index in [-0.39, 0.29) is 24.5 Å². The maximum Gasteiger partial charge on any atom is 0.295 e. The molecule has 0 aromatic heterocycles. The number of benzene rings is 2. The molecule has 1 amide bonds. The van der Waals surface area contributed by atoms with Crippen LogP contribution in [0.2, 0.25) is 0 Å². The molecule has 152 valence electrons. The number of ether oxygens (including phenoxy) is 3. The molecule has 0 spiro atoms. The second-order valence-corrected chi connectivity index (χ2v) is 6.46. The minimum absolute atomic E-state index is 0.00357. The Labute approximate surface area is 169 Å². The Hall–Kier alpha value is -3.32. The van der Waals surface area contributed by atoms with Crippen LogP contribution in [0, 0.1) is 0 Å². The van der Waals surface area contributed by atoms with Crippen LogP contribution >= 0.6 is 0 Å². The molecule has 1 aliphatic heterocycles. The van der Waals surface area contributed by atoms with Gasteiger partial charge in [-0.1, -0.05) is 24.3 Å². The van der Waals surface area contributed by atoms with Crippen molar-refractivity contribution in [3.63, 3.8) is 0 Å². The Balaban J connectivity index is 2.21. The quantitative estimate of drug-likeness (QED) is 0.439. The van der Waals surface area contributed by atoms with Gasteiger partial charge in [-0.2, -0.15) is 0 Å². The third-order valence-electron chi connectivity index (χ3n) is 4.85. The molecule has 1 N–H and O–H groups in total. The summed E-state index contributed by atoms with van der Waals surface area (Å²) < 4.78 is 15.7. The lowest BCUT2D eigenvalue weighted by Crippen LogP contribution is -2.32. The Bertz CT molecular complexity index is 952. The Morgan fingerprint density at radius 3 is 2.48 bits per heavy atom. The van der Waals surface area contributed by atoms with Gasteiger partial charge in [-0.25, -0.2) is 0 Å². The first-order valence-electron chi connectivity index (χ1n) is 9.08. The highest BCUT2D eigenvalue weighted by atomic mass is 16.5. The van der Waals surface area contributed by atoms with E-state index < -0.39 is 17.7 Å². The number of aliphatic hydroxyl groups excluding tert-OH is 1. The zero-order chi connectivity index (χ0) is 21.0. The van der Waals surface area contributed by atoms with Crippen molar-refractivity contribution in [2.75, 3.05) is 34.5 Å². The number of amides is 1. The predicted molar refractivity (Wildman–Crippen MR) is 107 cm³/mol. The molecule has 1 heterocycles. The number of likely N-dealkylation sites (tertiary alicyclic amines) is 1. The van der Waals surface area contributed by atoms with E-state index in [0.717, 1.165) is 0 Å². The number of aliphatic hydroxyl groups is 1. The third kappa shape index (κ3) is 3.82. The lowest BCUT2D eigenvalue weighted by molar-refractivity contribution is -0.140. The molecule has 0 aliphatic carbocycles. The van der Waals surface area contributed by atoms with Crippen molar-refractivity contribution in [3.8, 4) is 11.5 Å². The molecule has 1 atom stereocenters. The van der Waals surface area contributed by atoms with Crippen LogP contribution in [0.1, 0.15) is 17.2 Å².